The number of aromatic nitrogens is 3. The molecule has 5 rings (SSSR count). The summed E-state index contributed by atoms with van der Waals surface area (Å²) in [5, 5.41) is 8.43. The molecule has 1 unspecified atom stereocenters. The first kappa shape index (κ1) is 14.5. The summed E-state index contributed by atoms with van der Waals surface area (Å²) in [6.07, 6.45) is 3.90. The first-order valence-electron chi connectivity index (χ1n) is 8.52. The molecule has 3 heterocycles. The van der Waals surface area contributed by atoms with Crippen LogP contribution in [0.25, 0.3) is 11.1 Å². The highest BCUT2D eigenvalue weighted by atomic mass is 16.6. The van der Waals surface area contributed by atoms with Gasteiger partial charge in [0.25, 0.3) is 5.71 Å². The molecule has 0 radical (unpaired) electrons. The molecule has 128 valence electrons. The summed E-state index contributed by atoms with van der Waals surface area (Å²) >= 11 is 0. The average molecular weight is 338 g/mol. The van der Waals surface area contributed by atoms with Crippen molar-refractivity contribution in [2.24, 2.45) is 5.92 Å². The molecule has 1 saturated carbocycles. The predicted octanol–water partition coefficient (Wildman–Crippen LogP) is 3.26. The minimum atomic E-state index is 0.156. The molecule has 25 heavy (non-hydrogen) atoms. The van der Waals surface area contributed by atoms with Crippen molar-refractivity contribution in [2.45, 2.75) is 25.8 Å². The molecule has 7 heteroatoms. The van der Waals surface area contributed by atoms with Gasteiger partial charge in [-0.1, -0.05) is 11.2 Å². The maximum absolute atomic E-state index is 5.74. The highest BCUT2D eigenvalue weighted by Gasteiger charge is 2.34. The predicted molar refractivity (Wildman–Crippen MR) is 90.9 cm³/mol. The molecule has 2 aliphatic rings. The Morgan fingerprint density at radius 2 is 1.96 bits per heavy atom. The van der Waals surface area contributed by atoms with Gasteiger partial charge in [-0.15, -0.1) is 0 Å². The van der Waals surface area contributed by atoms with Gasteiger partial charge in [-0.25, -0.2) is 4.98 Å². The molecule has 3 aromatic rings. The highest BCUT2D eigenvalue weighted by molar-refractivity contribution is 5.87. The van der Waals surface area contributed by atoms with Crippen molar-refractivity contribution in [3.8, 4) is 11.5 Å². The number of hydrogen-bond acceptors (Lipinski definition) is 7. The molecule has 7 nitrogen and oxygen atoms in total. The molecule has 0 amide bonds. The topological polar surface area (TPSA) is 82.3 Å². The van der Waals surface area contributed by atoms with E-state index in [4.69, 9.17) is 14.0 Å². The van der Waals surface area contributed by atoms with E-state index in [2.05, 4.69) is 32.6 Å². The van der Waals surface area contributed by atoms with Gasteiger partial charge in [0.1, 0.15) is 30.7 Å². The Labute approximate surface area is 144 Å². The van der Waals surface area contributed by atoms with E-state index in [-0.39, 0.29) is 6.04 Å². The Kier molecular flexibility index (Phi) is 3.26. The van der Waals surface area contributed by atoms with Crippen molar-refractivity contribution in [2.75, 3.05) is 18.5 Å². The molecule has 1 aliphatic carbocycles. The van der Waals surface area contributed by atoms with E-state index in [0.29, 0.717) is 24.8 Å². The molecule has 1 atom stereocenters. The molecule has 1 N–H and O–H groups in total. The number of hydrogen-bond donors (Lipinski definition) is 1. The molecular formula is C18H18N4O3. The minimum Gasteiger partial charge on any atom is -0.486 e. The number of fused-ring (bicyclic) bond motifs is 2. The second-order valence-electron chi connectivity index (χ2n) is 6.53. The van der Waals surface area contributed by atoms with Crippen LogP contribution in [0.4, 0.5) is 5.82 Å². The van der Waals surface area contributed by atoms with Gasteiger partial charge in [-0.2, -0.15) is 4.98 Å². The number of rotatable bonds is 4. The zero-order chi connectivity index (χ0) is 16.8. The maximum Gasteiger partial charge on any atom is 0.263 e. The first-order valence-corrected chi connectivity index (χ1v) is 8.52. The fourth-order valence-corrected chi connectivity index (χ4v) is 3.34. The van der Waals surface area contributed by atoms with Gasteiger partial charge in [0, 0.05) is 0 Å². The lowest BCUT2D eigenvalue weighted by Gasteiger charge is -2.23. The number of nitrogens with zero attached hydrogens (tertiary/aromatic N) is 3. The van der Waals surface area contributed by atoms with Crippen molar-refractivity contribution in [1.29, 1.82) is 0 Å². The standard InChI is InChI=1S/C18H18N4O3/c1-10-15-17(19-9-20-18(15)25-22-10)21-16(11-2-3-11)12-4-5-13-14(8-12)24-7-6-23-13/h4-5,8-9,11,16H,2-3,6-7H2,1H3,(H,19,20,21). The Bertz CT molecular complexity index is 935. The second-order valence-corrected chi connectivity index (χ2v) is 6.53. The first-order chi connectivity index (χ1) is 12.3. The van der Waals surface area contributed by atoms with Gasteiger partial charge in [0.05, 0.1) is 11.7 Å². The van der Waals surface area contributed by atoms with E-state index in [1.807, 2.05) is 13.0 Å². The van der Waals surface area contributed by atoms with Crippen LogP contribution in [0.1, 0.15) is 30.1 Å². The molecule has 1 fully saturated rings. The van der Waals surface area contributed by atoms with Crippen LogP contribution in [0, 0.1) is 12.8 Å². The van der Waals surface area contributed by atoms with E-state index < -0.39 is 0 Å². The zero-order valence-electron chi connectivity index (χ0n) is 13.9. The molecule has 2 aromatic heterocycles. The summed E-state index contributed by atoms with van der Waals surface area (Å²) in [6, 6.07) is 6.32. The van der Waals surface area contributed by atoms with E-state index in [1.54, 1.807) is 0 Å². The highest BCUT2D eigenvalue weighted by Crippen LogP contribution is 2.45. The summed E-state index contributed by atoms with van der Waals surface area (Å²) in [5.74, 6) is 2.96. The Hall–Kier alpha value is -2.83. The van der Waals surface area contributed by atoms with Crippen LogP contribution in [0.2, 0.25) is 0 Å². The number of benzene rings is 1. The molecule has 1 aliphatic heterocycles. The minimum absolute atomic E-state index is 0.156. The Morgan fingerprint density at radius 3 is 2.80 bits per heavy atom. The van der Waals surface area contributed by atoms with Gasteiger partial charge < -0.3 is 19.3 Å². The normalized spacial score (nSPS) is 17.5. The SMILES string of the molecule is Cc1noc2ncnc(NC(c3ccc4c(c3)OCCO4)C3CC3)c12. The number of anilines is 1. The fourth-order valence-electron chi connectivity index (χ4n) is 3.34. The lowest BCUT2D eigenvalue weighted by Crippen LogP contribution is -2.18. The van der Waals surface area contributed by atoms with Gasteiger partial charge in [0.15, 0.2) is 11.5 Å². The van der Waals surface area contributed by atoms with Crippen LogP contribution in [0.15, 0.2) is 29.0 Å². The maximum atomic E-state index is 5.74. The van der Waals surface area contributed by atoms with Gasteiger partial charge >= 0.3 is 0 Å². The van der Waals surface area contributed by atoms with Crippen LogP contribution < -0.4 is 14.8 Å². The summed E-state index contributed by atoms with van der Waals surface area (Å²) < 4.78 is 16.6. The van der Waals surface area contributed by atoms with Gasteiger partial charge in [0.2, 0.25) is 0 Å². The van der Waals surface area contributed by atoms with Crippen molar-refractivity contribution in [1.82, 2.24) is 15.1 Å². The summed E-state index contributed by atoms with van der Waals surface area (Å²) in [6.45, 7) is 3.09. The lowest BCUT2D eigenvalue weighted by molar-refractivity contribution is 0.171. The molecule has 0 bridgehead atoms. The number of ether oxygens (including phenoxy) is 2. The average Bonchev–Trinajstić information content (AvgIpc) is 3.42. The fraction of sp³-hybridized carbons (Fsp3) is 0.389. The molecular weight excluding hydrogens is 320 g/mol. The third kappa shape index (κ3) is 2.56. The largest absolute Gasteiger partial charge is 0.486 e. The molecule has 0 saturated heterocycles. The van der Waals surface area contributed by atoms with Crippen molar-refractivity contribution in [3.05, 3.63) is 35.8 Å². The van der Waals surface area contributed by atoms with Crippen molar-refractivity contribution in [3.63, 3.8) is 0 Å². The Balaban J connectivity index is 1.52. The summed E-state index contributed by atoms with van der Waals surface area (Å²) in [4.78, 5) is 8.57. The van der Waals surface area contributed by atoms with Crippen LogP contribution in [0.3, 0.4) is 0 Å². The van der Waals surface area contributed by atoms with Crippen LogP contribution in [0.5, 0.6) is 11.5 Å². The lowest BCUT2D eigenvalue weighted by atomic mass is 10.0. The second kappa shape index (κ2) is 5.61. The van der Waals surface area contributed by atoms with Crippen molar-refractivity contribution < 1.29 is 14.0 Å². The number of aryl methyl sites for hydroxylation is 1. The summed E-state index contributed by atoms with van der Waals surface area (Å²) in [5.41, 5.74) is 2.47. The molecule has 0 spiro atoms. The van der Waals surface area contributed by atoms with E-state index >= 15 is 0 Å². The quantitative estimate of drug-likeness (QED) is 0.782. The van der Waals surface area contributed by atoms with Crippen LogP contribution in [-0.4, -0.2) is 28.3 Å². The van der Waals surface area contributed by atoms with Crippen LogP contribution >= 0.6 is 0 Å². The summed E-state index contributed by atoms with van der Waals surface area (Å²) in [7, 11) is 0. The zero-order valence-corrected chi connectivity index (χ0v) is 13.9. The smallest absolute Gasteiger partial charge is 0.263 e. The van der Waals surface area contributed by atoms with E-state index in [1.165, 1.54) is 24.7 Å². The van der Waals surface area contributed by atoms with Gasteiger partial charge in [-0.3, -0.25) is 0 Å². The van der Waals surface area contributed by atoms with E-state index in [9.17, 15) is 0 Å². The number of nitrogens with one attached hydrogen (secondary N) is 1. The molecule has 1 aromatic carbocycles. The third-order valence-corrected chi connectivity index (χ3v) is 4.75. The Morgan fingerprint density at radius 1 is 1.12 bits per heavy atom. The van der Waals surface area contributed by atoms with Crippen molar-refractivity contribution >= 4 is 16.9 Å². The van der Waals surface area contributed by atoms with Crippen LogP contribution in [-0.2, 0) is 0 Å². The third-order valence-electron chi connectivity index (χ3n) is 4.75. The van der Waals surface area contributed by atoms with Gasteiger partial charge in [-0.05, 0) is 43.4 Å². The van der Waals surface area contributed by atoms with E-state index in [0.717, 1.165) is 28.4 Å². The monoisotopic (exact) mass is 338 g/mol.